The van der Waals surface area contributed by atoms with Gasteiger partial charge in [-0.1, -0.05) is 0 Å². The number of anilines is 1. The molecule has 0 fully saturated rings. The second-order valence-electron chi connectivity index (χ2n) is 7.94. The summed E-state index contributed by atoms with van der Waals surface area (Å²) in [6, 6.07) is 14.7. The fraction of sp³-hybridized carbons (Fsp3) is 0.192. The molecule has 2 heterocycles. The van der Waals surface area contributed by atoms with Crippen molar-refractivity contribution in [2.24, 2.45) is 4.99 Å². The molecule has 2 aromatic carbocycles. The highest BCUT2D eigenvalue weighted by atomic mass is 32.1. The number of hydrogen-bond donors (Lipinski definition) is 1. The number of ether oxygens (including phenoxy) is 1. The molecule has 0 unspecified atom stereocenters. The number of amides is 1. The lowest BCUT2D eigenvalue weighted by Crippen LogP contribution is -2.21. The van der Waals surface area contributed by atoms with Crippen LogP contribution in [0.15, 0.2) is 57.9 Å². The van der Waals surface area contributed by atoms with Crippen molar-refractivity contribution in [2.75, 3.05) is 12.4 Å². The van der Waals surface area contributed by atoms with Crippen LogP contribution in [0.2, 0.25) is 0 Å². The number of nitrogens with one attached hydrogen (secondary N) is 1. The second-order valence-corrected chi connectivity index (χ2v) is 9.03. The fourth-order valence-electron chi connectivity index (χ4n) is 4.05. The van der Waals surface area contributed by atoms with E-state index in [9.17, 15) is 14.4 Å². The third-order valence-electron chi connectivity index (χ3n) is 5.77. The largest absolute Gasteiger partial charge is 0.497 e. The molecular weight excluding hydrogens is 453 g/mol. The summed E-state index contributed by atoms with van der Waals surface area (Å²) in [5.41, 5.74) is 2.87. The predicted octanol–water partition coefficient (Wildman–Crippen LogP) is 5.88. The Hall–Kier alpha value is -3.96. The van der Waals surface area contributed by atoms with Gasteiger partial charge in [-0.2, -0.15) is 5.26 Å². The molecule has 0 atom stereocenters. The molecule has 4 aromatic rings. The highest BCUT2D eigenvalue weighted by molar-refractivity contribution is 7.16. The minimum absolute atomic E-state index is 0.104. The Morgan fingerprint density at radius 2 is 1.97 bits per heavy atom. The number of nitrogens with zero attached hydrogens (tertiary/aromatic N) is 2. The lowest BCUT2D eigenvalue weighted by Gasteiger charge is -2.09. The van der Waals surface area contributed by atoms with Gasteiger partial charge in [0.2, 0.25) is 5.55 Å². The van der Waals surface area contributed by atoms with Crippen molar-refractivity contribution in [2.45, 2.75) is 25.7 Å². The van der Waals surface area contributed by atoms with Gasteiger partial charge >= 0.3 is 0 Å². The van der Waals surface area contributed by atoms with E-state index in [-0.39, 0.29) is 11.1 Å². The van der Waals surface area contributed by atoms with Gasteiger partial charge in [0.1, 0.15) is 33.8 Å². The van der Waals surface area contributed by atoms with Gasteiger partial charge in [-0.15, -0.1) is 11.3 Å². The van der Waals surface area contributed by atoms with Gasteiger partial charge in [0.15, 0.2) is 0 Å². The third-order valence-corrected chi connectivity index (χ3v) is 6.95. The number of aryl methyl sites for hydroxylation is 1. The Morgan fingerprint density at radius 1 is 1.18 bits per heavy atom. The van der Waals surface area contributed by atoms with E-state index >= 15 is 0 Å². The molecule has 0 saturated carbocycles. The summed E-state index contributed by atoms with van der Waals surface area (Å²) in [5.74, 6) is -0.235. The average Bonchev–Trinajstić information content (AvgIpc) is 3.21. The number of carbonyl (C=O) groups excluding carboxylic acids is 1. The second kappa shape index (κ2) is 9.12. The maximum absolute atomic E-state index is 13.3. The monoisotopic (exact) mass is 473 g/mol. The van der Waals surface area contributed by atoms with Crippen LogP contribution in [0.1, 0.15) is 39.2 Å². The molecular formula is C26H20FN3O3S. The van der Waals surface area contributed by atoms with Crippen molar-refractivity contribution in [1.29, 1.82) is 5.26 Å². The van der Waals surface area contributed by atoms with E-state index in [2.05, 4.69) is 16.4 Å². The summed E-state index contributed by atoms with van der Waals surface area (Å²) in [5, 5.41) is 13.8. The topological polar surface area (TPSA) is 87.6 Å². The van der Waals surface area contributed by atoms with Crippen LogP contribution in [0.5, 0.6) is 5.75 Å². The summed E-state index contributed by atoms with van der Waals surface area (Å²) >= 11 is 1.48. The minimum atomic E-state index is -0.460. The van der Waals surface area contributed by atoms with Gasteiger partial charge < -0.3 is 14.5 Å². The molecule has 0 saturated heterocycles. The lowest BCUT2D eigenvalue weighted by atomic mass is 9.96. The van der Waals surface area contributed by atoms with E-state index in [0.29, 0.717) is 33.0 Å². The molecule has 6 nitrogen and oxygen atoms in total. The number of thiophene rings is 1. The highest BCUT2D eigenvalue weighted by Crippen LogP contribution is 2.39. The normalized spacial score (nSPS) is 13.4. The van der Waals surface area contributed by atoms with Crippen LogP contribution in [0.25, 0.3) is 11.0 Å². The van der Waals surface area contributed by atoms with E-state index in [1.165, 1.54) is 40.5 Å². The first-order valence-corrected chi connectivity index (χ1v) is 11.7. The number of carbonyl (C=O) groups is 1. The number of methoxy groups -OCH3 is 1. The van der Waals surface area contributed by atoms with E-state index in [0.717, 1.165) is 31.2 Å². The summed E-state index contributed by atoms with van der Waals surface area (Å²) in [6.45, 7) is 0. The first kappa shape index (κ1) is 21.9. The Kier molecular flexibility index (Phi) is 5.86. The van der Waals surface area contributed by atoms with E-state index in [1.54, 1.807) is 31.4 Å². The smallest absolute Gasteiger partial charge is 0.261 e. The van der Waals surface area contributed by atoms with Crippen LogP contribution >= 0.6 is 11.3 Å². The van der Waals surface area contributed by atoms with Crippen molar-refractivity contribution in [3.8, 4) is 11.8 Å². The number of nitriles is 1. The number of rotatable bonds is 4. The van der Waals surface area contributed by atoms with Gasteiger partial charge in [0.05, 0.1) is 12.7 Å². The molecule has 2 aromatic heterocycles. The minimum Gasteiger partial charge on any atom is -0.497 e. The summed E-state index contributed by atoms with van der Waals surface area (Å²) in [6.07, 6.45) is 3.92. The fourth-order valence-corrected chi connectivity index (χ4v) is 5.26. The lowest BCUT2D eigenvalue weighted by molar-refractivity contribution is 0.102. The van der Waals surface area contributed by atoms with Crippen LogP contribution in [-0.2, 0) is 12.8 Å². The Bertz CT molecular complexity index is 1510. The Balaban J connectivity index is 1.67. The van der Waals surface area contributed by atoms with E-state index in [1.807, 2.05) is 0 Å². The van der Waals surface area contributed by atoms with Crippen LogP contribution in [0.3, 0.4) is 0 Å². The number of benzene rings is 2. The quantitative estimate of drug-likeness (QED) is 0.401. The molecule has 170 valence electrons. The number of fused-ring (bicyclic) bond motifs is 2. The molecule has 0 aliphatic heterocycles. The summed E-state index contributed by atoms with van der Waals surface area (Å²) in [7, 11) is 1.56. The molecule has 1 N–H and O–H groups in total. The Labute approximate surface area is 198 Å². The molecule has 0 spiro atoms. The summed E-state index contributed by atoms with van der Waals surface area (Å²) < 4.78 is 24.6. The molecule has 1 aliphatic rings. The van der Waals surface area contributed by atoms with Gasteiger partial charge in [-0.3, -0.25) is 4.79 Å². The first-order chi connectivity index (χ1) is 16.6. The SMILES string of the molecule is COc1ccc2o/c(=N\c3sc4c(c3C#N)CCCC4)c(C(=O)Nc3ccc(F)cc3)cc2c1. The van der Waals surface area contributed by atoms with Crippen LogP contribution in [0.4, 0.5) is 15.1 Å². The maximum atomic E-state index is 13.3. The molecule has 1 aliphatic carbocycles. The first-order valence-electron chi connectivity index (χ1n) is 10.8. The molecule has 8 heteroatoms. The number of hydrogen-bond acceptors (Lipinski definition) is 6. The van der Waals surface area contributed by atoms with Crippen LogP contribution < -0.4 is 15.6 Å². The standard InChI is InChI=1S/C26H20FN3O3S/c1-32-18-10-11-22-15(12-18)13-20(24(31)29-17-8-6-16(27)7-9-17)25(33-22)30-26-21(14-28)19-4-2-3-5-23(19)34-26/h6-13H,2-5H2,1H3,(H,29,31)/b30-25-. The van der Waals surface area contributed by atoms with Gasteiger partial charge in [0.25, 0.3) is 5.91 Å². The van der Waals surface area contributed by atoms with E-state index < -0.39 is 11.7 Å². The molecule has 5 rings (SSSR count). The molecule has 1 amide bonds. The average molecular weight is 474 g/mol. The number of halogens is 1. The Morgan fingerprint density at radius 3 is 2.74 bits per heavy atom. The molecule has 0 bridgehead atoms. The van der Waals surface area contributed by atoms with Crippen molar-refractivity contribution in [3.05, 3.63) is 81.5 Å². The van der Waals surface area contributed by atoms with Gasteiger partial charge in [0, 0.05) is 16.0 Å². The van der Waals surface area contributed by atoms with Gasteiger partial charge in [-0.25, -0.2) is 9.38 Å². The van der Waals surface area contributed by atoms with Crippen LogP contribution in [0, 0.1) is 17.1 Å². The van der Waals surface area contributed by atoms with Gasteiger partial charge in [-0.05, 0) is 79.8 Å². The maximum Gasteiger partial charge on any atom is 0.261 e. The van der Waals surface area contributed by atoms with Crippen molar-refractivity contribution in [1.82, 2.24) is 0 Å². The summed E-state index contributed by atoms with van der Waals surface area (Å²) in [4.78, 5) is 19.1. The highest BCUT2D eigenvalue weighted by Gasteiger charge is 2.21. The van der Waals surface area contributed by atoms with Crippen molar-refractivity contribution >= 4 is 38.9 Å². The molecule has 0 radical (unpaired) electrons. The van der Waals surface area contributed by atoms with E-state index in [4.69, 9.17) is 9.15 Å². The van der Waals surface area contributed by atoms with Crippen molar-refractivity contribution in [3.63, 3.8) is 0 Å². The van der Waals surface area contributed by atoms with Crippen molar-refractivity contribution < 1.29 is 18.3 Å². The zero-order chi connectivity index (χ0) is 23.7. The predicted molar refractivity (Wildman–Crippen MR) is 128 cm³/mol. The van der Waals surface area contributed by atoms with Crippen LogP contribution in [-0.4, -0.2) is 13.0 Å². The third kappa shape index (κ3) is 4.18. The zero-order valence-corrected chi connectivity index (χ0v) is 19.2. The zero-order valence-electron chi connectivity index (χ0n) is 18.4. The molecule has 34 heavy (non-hydrogen) atoms.